The van der Waals surface area contributed by atoms with Crippen LogP contribution in [0.15, 0.2) is 18.3 Å². The van der Waals surface area contributed by atoms with Gasteiger partial charge in [0.05, 0.1) is 5.56 Å². The SMILES string of the molecule is CC(C)(C)NC(=O)c1cccnc1C(=O)NC(C)(C)C. The van der Waals surface area contributed by atoms with Crippen molar-refractivity contribution in [2.24, 2.45) is 0 Å². The predicted molar refractivity (Wildman–Crippen MR) is 78.7 cm³/mol. The minimum Gasteiger partial charge on any atom is -0.347 e. The van der Waals surface area contributed by atoms with Crippen LogP contribution < -0.4 is 10.6 Å². The first kappa shape index (κ1) is 16.1. The Labute approximate surface area is 120 Å². The molecule has 0 aromatic carbocycles. The lowest BCUT2D eigenvalue weighted by molar-refractivity contribution is 0.0879. The molecule has 1 aromatic rings. The van der Waals surface area contributed by atoms with E-state index in [2.05, 4.69) is 15.6 Å². The molecule has 0 radical (unpaired) electrons. The Morgan fingerprint density at radius 3 is 1.95 bits per heavy atom. The highest BCUT2D eigenvalue weighted by molar-refractivity contribution is 6.06. The summed E-state index contributed by atoms with van der Waals surface area (Å²) in [6.45, 7) is 11.3. The lowest BCUT2D eigenvalue weighted by Crippen LogP contribution is -2.44. The van der Waals surface area contributed by atoms with Gasteiger partial charge in [0.25, 0.3) is 11.8 Å². The van der Waals surface area contributed by atoms with Crippen molar-refractivity contribution < 1.29 is 9.59 Å². The van der Waals surface area contributed by atoms with E-state index in [1.165, 1.54) is 6.20 Å². The van der Waals surface area contributed by atoms with Crippen molar-refractivity contribution >= 4 is 11.8 Å². The Morgan fingerprint density at radius 1 is 0.950 bits per heavy atom. The molecule has 0 aliphatic heterocycles. The fraction of sp³-hybridized carbons (Fsp3) is 0.533. The van der Waals surface area contributed by atoms with Crippen LogP contribution in [0.4, 0.5) is 0 Å². The number of hydrogen-bond donors (Lipinski definition) is 2. The van der Waals surface area contributed by atoms with Crippen molar-refractivity contribution in [1.82, 2.24) is 15.6 Å². The van der Waals surface area contributed by atoms with Crippen molar-refractivity contribution in [3.8, 4) is 0 Å². The zero-order valence-electron chi connectivity index (χ0n) is 13.0. The highest BCUT2D eigenvalue weighted by Gasteiger charge is 2.24. The highest BCUT2D eigenvalue weighted by Crippen LogP contribution is 2.10. The van der Waals surface area contributed by atoms with Crippen molar-refractivity contribution in [1.29, 1.82) is 0 Å². The lowest BCUT2D eigenvalue weighted by atomic mass is 10.1. The average Bonchev–Trinajstić information content (AvgIpc) is 2.24. The summed E-state index contributed by atoms with van der Waals surface area (Å²) in [7, 11) is 0. The van der Waals surface area contributed by atoms with E-state index in [9.17, 15) is 9.59 Å². The van der Waals surface area contributed by atoms with Crippen LogP contribution in [0.3, 0.4) is 0 Å². The Kier molecular flexibility index (Phi) is 4.53. The molecule has 0 saturated carbocycles. The summed E-state index contributed by atoms with van der Waals surface area (Å²) in [5, 5.41) is 5.65. The van der Waals surface area contributed by atoms with Gasteiger partial charge in [0.15, 0.2) is 0 Å². The number of nitrogens with one attached hydrogen (secondary N) is 2. The molecule has 5 heteroatoms. The van der Waals surface area contributed by atoms with Crippen LogP contribution in [-0.4, -0.2) is 27.9 Å². The summed E-state index contributed by atoms with van der Waals surface area (Å²) in [5.74, 6) is -0.651. The van der Waals surface area contributed by atoms with Crippen LogP contribution in [0.2, 0.25) is 0 Å². The monoisotopic (exact) mass is 277 g/mol. The number of aromatic nitrogens is 1. The van der Waals surface area contributed by atoms with Gasteiger partial charge in [0, 0.05) is 17.3 Å². The Morgan fingerprint density at radius 2 is 1.45 bits per heavy atom. The molecule has 0 fully saturated rings. The maximum absolute atomic E-state index is 12.2. The zero-order valence-corrected chi connectivity index (χ0v) is 13.0. The van der Waals surface area contributed by atoms with Gasteiger partial charge in [-0.1, -0.05) is 0 Å². The first-order valence-corrected chi connectivity index (χ1v) is 6.60. The normalized spacial score (nSPS) is 11.9. The largest absolute Gasteiger partial charge is 0.347 e. The van der Waals surface area contributed by atoms with Crippen LogP contribution >= 0.6 is 0 Å². The van der Waals surface area contributed by atoms with Crippen LogP contribution in [0.25, 0.3) is 0 Å². The summed E-state index contributed by atoms with van der Waals surface area (Å²) >= 11 is 0. The van der Waals surface area contributed by atoms with Gasteiger partial charge in [-0.25, -0.2) is 0 Å². The van der Waals surface area contributed by atoms with E-state index < -0.39 is 0 Å². The van der Waals surface area contributed by atoms with Gasteiger partial charge >= 0.3 is 0 Å². The van der Waals surface area contributed by atoms with Crippen molar-refractivity contribution in [3.63, 3.8) is 0 Å². The quantitative estimate of drug-likeness (QED) is 0.870. The number of pyridine rings is 1. The maximum atomic E-state index is 12.2. The molecule has 5 nitrogen and oxygen atoms in total. The van der Waals surface area contributed by atoms with Gasteiger partial charge in [-0.05, 0) is 53.7 Å². The van der Waals surface area contributed by atoms with Gasteiger partial charge in [-0.2, -0.15) is 0 Å². The highest BCUT2D eigenvalue weighted by atomic mass is 16.2. The van der Waals surface area contributed by atoms with E-state index in [1.807, 2.05) is 41.5 Å². The summed E-state index contributed by atoms with van der Waals surface area (Å²) in [6, 6.07) is 3.25. The molecule has 2 amide bonds. The van der Waals surface area contributed by atoms with E-state index in [0.717, 1.165) is 0 Å². The topological polar surface area (TPSA) is 71.1 Å². The van der Waals surface area contributed by atoms with Crippen LogP contribution in [-0.2, 0) is 0 Å². The second-order valence-electron chi connectivity index (χ2n) is 6.81. The molecule has 1 aromatic heterocycles. The third kappa shape index (κ3) is 4.99. The standard InChI is InChI=1S/C15H23N3O2/c1-14(2,3)17-12(19)10-8-7-9-16-11(10)13(20)18-15(4,5)6/h7-9H,1-6H3,(H,17,19)(H,18,20). The van der Waals surface area contributed by atoms with Crippen molar-refractivity contribution in [3.05, 3.63) is 29.6 Å². The summed E-state index contributed by atoms with van der Waals surface area (Å²) in [4.78, 5) is 28.5. The number of amides is 2. The Balaban J connectivity index is 3.05. The number of rotatable bonds is 2. The second kappa shape index (κ2) is 5.61. The summed E-state index contributed by atoms with van der Waals surface area (Å²) in [5.41, 5.74) is -0.329. The molecule has 0 aliphatic rings. The first-order valence-electron chi connectivity index (χ1n) is 6.60. The minimum atomic E-state index is -0.383. The molecular formula is C15H23N3O2. The van der Waals surface area contributed by atoms with Crippen LogP contribution in [0.1, 0.15) is 62.4 Å². The number of hydrogen-bond acceptors (Lipinski definition) is 3. The molecule has 0 saturated heterocycles. The first-order chi connectivity index (χ1) is 8.99. The van der Waals surface area contributed by atoms with Crippen LogP contribution in [0.5, 0.6) is 0 Å². The van der Waals surface area contributed by atoms with Gasteiger partial charge in [0.2, 0.25) is 0 Å². The molecule has 1 heterocycles. The fourth-order valence-corrected chi connectivity index (χ4v) is 1.58. The van der Waals surface area contributed by atoms with Crippen molar-refractivity contribution in [2.75, 3.05) is 0 Å². The third-order valence-electron chi connectivity index (χ3n) is 2.24. The Bertz CT molecular complexity index is 464. The predicted octanol–water partition coefficient (Wildman–Crippen LogP) is 2.14. The smallest absolute Gasteiger partial charge is 0.271 e. The molecular weight excluding hydrogens is 254 g/mol. The molecule has 0 aliphatic carbocycles. The molecule has 2 N–H and O–H groups in total. The number of carbonyl (C=O) groups excluding carboxylic acids is 2. The number of nitrogens with zero attached hydrogens (tertiary/aromatic N) is 1. The van der Waals surface area contributed by atoms with Gasteiger partial charge < -0.3 is 10.6 Å². The van der Waals surface area contributed by atoms with Crippen molar-refractivity contribution in [2.45, 2.75) is 52.6 Å². The van der Waals surface area contributed by atoms with E-state index in [1.54, 1.807) is 12.1 Å². The fourth-order valence-electron chi connectivity index (χ4n) is 1.58. The summed E-state index contributed by atoms with van der Waals surface area (Å²) < 4.78 is 0. The maximum Gasteiger partial charge on any atom is 0.271 e. The molecule has 110 valence electrons. The number of carbonyl (C=O) groups is 2. The average molecular weight is 277 g/mol. The van der Waals surface area contributed by atoms with Gasteiger partial charge in [-0.15, -0.1) is 0 Å². The molecule has 20 heavy (non-hydrogen) atoms. The lowest BCUT2D eigenvalue weighted by Gasteiger charge is -2.23. The molecule has 0 spiro atoms. The molecule has 1 rings (SSSR count). The van der Waals surface area contributed by atoms with E-state index in [4.69, 9.17) is 0 Å². The minimum absolute atomic E-state index is 0.143. The van der Waals surface area contributed by atoms with E-state index >= 15 is 0 Å². The van der Waals surface area contributed by atoms with E-state index in [-0.39, 0.29) is 34.1 Å². The van der Waals surface area contributed by atoms with Gasteiger partial charge in [-0.3, -0.25) is 14.6 Å². The van der Waals surface area contributed by atoms with Crippen LogP contribution in [0, 0.1) is 0 Å². The molecule has 0 bridgehead atoms. The summed E-state index contributed by atoms with van der Waals surface area (Å²) in [6.07, 6.45) is 1.51. The Hall–Kier alpha value is -1.91. The van der Waals surface area contributed by atoms with E-state index in [0.29, 0.717) is 0 Å². The molecule has 0 unspecified atom stereocenters. The third-order valence-corrected chi connectivity index (χ3v) is 2.24. The van der Waals surface area contributed by atoms with Gasteiger partial charge in [0.1, 0.15) is 5.69 Å². The zero-order chi connectivity index (χ0) is 15.6. The molecule has 0 atom stereocenters. The second-order valence-corrected chi connectivity index (χ2v) is 6.81.